The molecule has 1 aromatic carbocycles. The number of carbonyl (C=O) groups is 10. The molecule has 0 radical (unpaired) electrons. The van der Waals surface area contributed by atoms with E-state index in [0.717, 1.165) is 27.7 Å². The maximum Gasteiger partial charge on any atom is 0.347 e. The number of carbonyl (C=O) groups excluding carboxylic acids is 10. The molecule has 0 heterocycles. The predicted octanol–water partition coefficient (Wildman–Crippen LogP) is 0.492. The van der Waals surface area contributed by atoms with Gasteiger partial charge in [-0.25, -0.2) is 24.0 Å². The molecule has 0 spiro atoms. The van der Waals surface area contributed by atoms with Crippen LogP contribution in [0.1, 0.15) is 86.4 Å². The fourth-order valence-corrected chi connectivity index (χ4v) is 3.06. The van der Waals surface area contributed by atoms with Crippen LogP contribution in [0, 0.1) is 0 Å². The Hall–Kier alpha value is -4.73. The van der Waals surface area contributed by atoms with Crippen LogP contribution in [0.25, 0.3) is 0 Å². The van der Waals surface area contributed by atoms with Gasteiger partial charge in [0.2, 0.25) is 0 Å². The van der Waals surface area contributed by atoms with Gasteiger partial charge in [0.05, 0.1) is 27.8 Å². The predicted molar refractivity (Wildman–Crippen MR) is 114 cm³/mol. The highest BCUT2D eigenvalue weighted by Crippen LogP contribution is 2.34. The van der Waals surface area contributed by atoms with Gasteiger partial charge in [-0.2, -0.15) is 0 Å². The molecule has 0 fully saturated rings. The van der Waals surface area contributed by atoms with Crippen molar-refractivity contribution in [2.75, 3.05) is 0 Å². The second-order valence-electron chi connectivity index (χ2n) is 6.63. The molecule has 0 saturated carbocycles. The van der Waals surface area contributed by atoms with Gasteiger partial charge in [0.25, 0.3) is 0 Å². The highest BCUT2D eigenvalue weighted by Gasteiger charge is 2.41. The molecular formula is C21H16O15S. The lowest BCUT2D eigenvalue weighted by atomic mass is 9.90. The molecule has 0 unspecified atom stereocenters. The van der Waals surface area contributed by atoms with Crippen molar-refractivity contribution in [2.24, 2.45) is 0 Å². The molecule has 16 heteroatoms. The Morgan fingerprint density at radius 2 is 0.541 bits per heavy atom. The van der Waals surface area contributed by atoms with E-state index in [4.69, 9.17) is 0 Å². The van der Waals surface area contributed by atoms with E-state index in [1.165, 1.54) is 0 Å². The zero-order valence-corrected chi connectivity index (χ0v) is 20.5. The van der Waals surface area contributed by atoms with Crippen LogP contribution in [0.4, 0.5) is 0 Å². The number of rotatable bonds is 5. The number of ether oxygens (including phenoxy) is 5. The van der Waals surface area contributed by atoms with E-state index >= 15 is 0 Å². The highest BCUT2D eigenvalue weighted by molar-refractivity contribution is 7.80. The van der Waals surface area contributed by atoms with Crippen LogP contribution in [0.3, 0.4) is 0 Å². The molecule has 1 aromatic rings. The van der Waals surface area contributed by atoms with Gasteiger partial charge < -0.3 is 23.7 Å². The van der Waals surface area contributed by atoms with Crippen LogP contribution in [0.5, 0.6) is 0 Å². The second kappa shape index (κ2) is 12.3. The van der Waals surface area contributed by atoms with Crippen molar-refractivity contribution in [1.82, 2.24) is 0 Å². The lowest BCUT2D eigenvalue weighted by molar-refractivity contribution is -0.137. The fraction of sp³-hybridized carbons (Fsp3) is 0.238. The molecular weight excluding hydrogens is 524 g/mol. The molecule has 0 amide bonds. The molecule has 0 saturated heterocycles. The van der Waals surface area contributed by atoms with Crippen molar-refractivity contribution >= 4 is 72.3 Å². The third-order valence-electron chi connectivity index (χ3n) is 3.68. The third-order valence-corrected chi connectivity index (χ3v) is 4.12. The van der Waals surface area contributed by atoms with Crippen LogP contribution in [-0.4, -0.2) is 59.7 Å². The lowest BCUT2D eigenvalue weighted by Gasteiger charge is -2.19. The topological polar surface area (TPSA) is 217 Å². The number of thiol groups is 1. The molecule has 1 rings (SSSR count). The van der Waals surface area contributed by atoms with Gasteiger partial charge in [-0.1, -0.05) is 0 Å². The van der Waals surface area contributed by atoms with Gasteiger partial charge in [-0.05, 0) is 0 Å². The van der Waals surface area contributed by atoms with Crippen molar-refractivity contribution < 1.29 is 71.6 Å². The minimum atomic E-state index is -1.90. The molecule has 0 aromatic heterocycles. The zero-order valence-electron chi connectivity index (χ0n) is 19.6. The molecule has 0 aliphatic rings. The Bertz CT molecular complexity index is 1210. The smallest absolute Gasteiger partial charge is 0.347 e. The molecule has 0 atom stereocenters. The van der Waals surface area contributed by atoms with Crippen molar-refractivity contribution in [1.29, 1.82) is 0 Å². The van der Waals surface area contributed by atoms with Crippen LogP contribution in [0.2, 0.25) is 0 Å². The van der Waals surface area contributed by atoms with Crippen LogP contribution in [0.15, 0.2) is 4.90 Å². The zero-order chi connectivity index (χ0) is 28.8. The Labute approximate surface area is 211 Å². The standard InChI is InChI=1S/C21H16O15S/c1-6(22)32-17(27)11-12(18(28)33-7(2)23)14(20(30)35-9(4)25)16(37)15(21(31)36-10(5)26)13(11)19(29)34-8(3)24/h37H,1-5H3. The van der Waals surface area contributed by atoms with Crippen molar-refractivity contribution in [2.45, 2.75) is 39.5 Å². The first-order chi connectivity index (χ1) is 17.0. The average Bonchev–Trinajstić information content (AvgIpc) is 2.69. The monoisotopic (exact) mass is 540 g/mol. The lowest BCUT2D eigenvalue weighted by Crippen LogP contribution is -2.30. The van der Waals surface area contributed by atoms with Crippen molar-refractivity contribution in [3.05, 3.63) is 27.8 Å². The summed E-state index contributed by atoms with van der Waals surface area (Å²) in [7, 11) is 0. The van der Waals surface area contributed by atoms with E-state index in [1.54, 1.807) is 0 Å². The summed E-state index contributed by atoms with van der Waals surface area (Å²) in [6.45, 7) is 3.66. The molecule has 196 valence electrons. The Morgan fingerprint density at radius 1 is 0.378 bits per heavy atom. The van der Waals surface area contributed by atoms with E-state index in [9.17, 15) is 47.9 Å². The molecule has 37 heavy (non-hydrogen) atoms. The normalized spacial score (nSPS) is 9.89. The SMILES string of the molecule is CC(=O)OC(=O)c1c(S)c(C(=O)OC(C)=O)c(C(=O)OC(C)=O)c(C(=O)OC(C)=O)c1C(=O)OC(C)=O. The van der Waals surface area contributed by atoms with Crippen LogP contribution < -0.4 is 0 Å². The van der Waals surface area contributed by atoms with Gasteiger partial charge in [0, 0.05) is 39.5 Å². The fourth-order valence-electron chi connectivity index (χ4n) is 2.65. The Balaban J connectivity index is 4.51. The Morgan fingerprint density at radius 3 is 0.730 bits per heavy atom. The summed E-state index contributed by atoms with van der Waals surface area (Å²) in [6, 6.07) is 0. The number of hydrogen-bond donors (Lipinski definition) is 1. The number of benzene rings is 1. The molecule has 0 N–H and O–H groups in total. The molecule has 0 aliphatic carbocycles. The summed E-state index contributed by atoms with van der Waals surface area (Å²) >= 11 is 3.90. The minimum Gasteiger partial charge on any atom is -0.390 e. The third kappa shape index (κ3) is 7.63. The maximum absolute atomic E-state index is 12.9. The van der Waals surface area contributed by atoms with Gasteiger partial charge >= 0.3 is 59.7 Å². The van der Waals surface area contributed by atoms with Gasteiger partial charge in [0.15, 0.2) is 0 Å². The molecule has 0 aliphatic heterocycles. The summed E-state index contributed by atoms with van der Waals surface area (Å²) < 4.78 is 21.9. The second-order valence-corrected chi connectivity index (χ2v) is 7.08. The van der Waals surface area contributed by atoms with Crippen LogP contribution >= 0.6 is 12.6 Å². The quantitative estimate of drug-likeness (QED) is 0.233. The summed E-state index contributed by atoms with van der Waals surface area (Å²) in [5, 5.41) is 0. The van der Waals surface area contributed by atoms with Crippen LogP contribution in [-0.2, 0) is 47.7 Å². The van der Waals surface area contributed by atoms with Gasteiger partial charge in [0.1, 0.15) is 0 Å². The Kier molecular flexibility index (Phi) is 10.1. The van der Waals surface area contributed by atoms with E-state index < -0.39 is 92.4 Å². The summed E-state index contributed by atoms with van der Waals surface area (Å²) in [6.07, 6.45) is 0. The molecule has 15 nitrogen and oxygen atoms in total. The average molecular weight is 540 g/mol. The number of hydrogen-bond acceptors (Lipinski definition) is 16. The van der Waals surface area contributed by atoms with Crippen molar-refractivity contribution in [3.8, 4) is 0 Å². The van der Waals surface area contributed by atoms with Gasteiger partial charge in [-0.3, -0.25) is 24.0 Å². The summed E-state index contributed by atoms with van der Waals surface area (Å²) in [5.41, 5.74) is -6.60. The van der Waals surface area contributed by atoms with E-state index in [1.807, 2.05) is 0 Å². The van der Waals surface area contributed by atoms with Gasteiger partial charge in [-0.15, -0.1) is 12.6 Å². The molecule has 0 bridgehead atoms. The first-order valence-corrected chi connectivity index (χ1v) is 10.0. The van der Waals surface area contributed by atoms with E-state index in [0.29, 0.717) is 6.92 Å². The van der Waals surface area contributed by atoms with E-state index in [2.05, 4.69) is 36.3 Å². The summed E-state index contributed by atoms with van der Waals surface area (Å²) in [5.74, 6) is -15.6. The first-order valence-electron chi connectivity index (χ1n) is 9.56. The maximum atomic E-state index is 12.9. The first kappa shape index (κ1) is 30.3. The minimum absolute atomic E-state index is 0.710. The highest BCUT2D eigenvalue weighted by atomic mass is 32.1. The largest absolute Gasteiger partial charge is 0.390 e. The number of esters is 10. The summed E-state index contributed by atoms with van der Waals surface area (Å²) in [4.78, 5) is 120. The van der Waals surface area contributed by atoms with Crippen molar-refractivity contribution in [3.63, 3.8) is 0 Å². The van der Waals surface area contributed by atoms with E-state index in [-0.39, 0.29) is 0 Å².